The minimum atomic E-state index is -0.407. The van der Waals surface area contributed by atoms with E-state index in [0.717, 1.165) is 25.5 Å². The number of carbonyl (C=O) groups is 1. The van der Waals surface area contributed by atoms with Crippen molar-refractivity contribution in [3.63, 3.8) is 0 Å². The van der Waals surface area contributed by atoms with Crippen molar-refractivity contribution >= 4 is 12.1 Å². The molecule has 1 saturated heterocycles. The fraction of sp³-hybridized carbons (Fsp3) is 0.762. The maximum Gasteiger partial charge on any atom is 0.351 e. The maximum atomic E-state index is 11.7. The second-order valence-electron chi connectivity index (χ2n) is 6.50. The van der Waals surface area contributed by atoms with Gasteiger partial charge in [-0.05, 0) is 25.3 Å². The molecule has 2 N–H and O–H groups in total. The summed E-state index contributed by atoms with van der Waals surface area (Å²) in [6.07, 6.45) is 11.9. The van der Waals surface area contributed by atoms with Crippen molar-refractivity contribution in [3.8, 4) is 0 Å². The molecule has 2 atom stereocenters. The van der Waals surface area contributed by atoms with Crippen molar-refractivity contribution in [2.45, 2.75) is 90.9 Å². The highest BCUT2D eigenvalue weighted by molar-refractivity contribution is 5.48. The molecule has 1 aliphatic rings. The van der Waals surface area contributed by atoms with Crippen molar-refractivity contribution in [2.75, 3.05) is 19.2 Å². The molecule has 1 fully saturated rings. The summed E-state index contributed by atoms with van der Waals surface area (Å²) >= 11 is 0. The van der Waals surface area contributed by atoms with Crippen molar-refractivity contribution in [3.05, 3.63) is 22.7 Å². The topological polar surface area (TPSA) is 103 Å². The first-order chi connectivity index (χ1) is 14.2. The zero-order chi connectivity index (χ0) is 21.9. The number of nitrogens with one attached hydrogen (secondary N) is 1. The van der Waals surface area contributed by atoms with E-state index in [9.17, 15) is 9.59 Å². The Morgan fingerprint density at radius 2 is 1.97 bits per heavy atom. The number of aliphatic hydroxyl groups excluding tert-OH is 1. The van der Waals surface area contributed by atoms with Crippen LogP contribution in [0.25, 0.3) is 0 Å². The lowest BCUT2D eigenvalue weighted by Crippen LogP contribution is -2.27. The van der Waals surface area contributed by atoms with Crippen LogP contribution in [0.3, 0.4) is 0 Å². The number of aldehydes is 1. The molecule has 8 nitrogen and oxygen atoms in total. The van der Waals surface area contributed by atoms with Gasteiger partial charge in [0.2, 0.25) is 0 Å². The largest absolute Gasteiger partial charge is 0.394 e. The molecular formula is C21H39N3O5. The van der Waals surface area contributed by atoms with E-state index in [4.69, 9.17) is 9.84 Å². The molecule has 0 spiro atoms. The van der Waals surface area contributed by atoms with Crippen LogP contribution in [0.15, 0.2) is 17.1 Å². The Hall–Kier alpha value is -1.77. The first-order valence-corrected chi connectivity index (χ1v) is 10.7. The number of unbranched alkanes of at least 4 members (excludes halogenated alkanes) is 6. The Labute approximate surface area is 174 Å². The lowest BCUT2D eigenvalue weighted by Gasteiger charge is -2.14. The fourth-order valence-corrected chi connectivity index (χ4v) is 2.83. The molecule has 1 aliphatic heterocycles. The Morgan fingerprint density at radius 3 is 2.52 bits per heavy atom. The van der Waals surface area contributed by atoms with Crippen LogP contribution in [-0.2, 0) is 14.4 Å². The van der Waals surface area contributed by atoms with E-state index in [0.29, 0.717) is 12.2 Å². The van der Waals surface area contributed by atoms with Crippen LogP contribution >= 0.6 is 0 Å². The molecular weight excluding hydrogens is 374 g/mol. The zero-order valence-corrected chi connectivity index (χ0v) is 18.4. The van der Waals surface area contributed by atoms with Gasteiger partial charge in [0.1, 0.15) is 12.5 Å². The summed E-state index contributed by atoms with van der Waals surface area (Å²) in [5.74, 6) is 0.352. The van der Waals surface area contributed by atoms with E-state index in [1.54, 1.807) is 12.3 Å². The van der Waals surface area contributed by atoms with E-state index in [2.05, 4.69) is 22.2 Å². The van der Waals surface area contributed by atoms with Crippen LogP contribution < -0.4 is 11.2 Å². The number of aromatic nitrogens is 2. The summed E-state index contributed by atoms with van der Waals surface area (Å²) in [7, 11) is 1.44. The van der Waals surface area contributed by atoms with Gasteiger partial charge in [-0.15, -0.1) is 0 Å². The van der Waals surface area contributed by atoms with Crippen molar-refractivity contribution in [1.82, 2.24) is 9.55 Å². The third kappa shape index (κ3) is 11.7. The van der Waals surface area contributed by atoms with Crippen LogP contribution in [0.1, 0.15) is 84.8 Å². The van der Waals surface area contributed by atoms with Crippen LogP contribution in [-0.4, -0.2) is 40.8 Å². The Bertz CT molecular complexity index is 580. The molecule has 29 heavy (non-hydrogen) atoms. The summed E-state index contributed by atoms with van der Waals surface area (Å²) in [6.45, 7) is 6.19. The maximum absolute atomic E-state index is 11.7. The predicted molar refractivity (Wildman–Crippen MR) is 115 cm³/mol. The highest BCUT2D eigenvalue weighted by Crippen LogP contribution is 2.26. The molecule has 8 heteroatoms. The van der Waals surface area contributed by atoms with Crippen molar-refractivity contribution in [2.24, 2.45) is 0 Å². The first-order valence-electron chi connectivity index (χ1n) is 10.7. The molecule has 0 aromatic carbocycles. The molecule has 1 aromatic heterocycles. The number of nitrogens with zero attached hydrogens (tertiary/aromatic N) is 2. The summed E-state index contributed by atoms with van der Waals surface area (Å²) in [4.78, 5) is 30.0. The number of carbonyl (C=O) groups excluding carboxylic acids is 1. The summed E-state index contributed by atoms with van der Waals surface area (Å²) in [5.41, 5.74) is 2.07. The monoisotopic (exact) mass is 413 g/mol. The molecule has 2 unspecified atom stereocenters. The molecule has 0 bridgehead atoms. The van der Waals surface area contributed by atoms with Crippen LogP contribution in [0.4, 0.5) is 5.82 Å². The van der Waals surface area contributed by atoms with Gasteiger partial charge < -0.3 is 14.6 Å². The fourth-order valence-electron chi connectivity index (χ4n) is 2.83. The van der Waals surface area contributed by atoms with Gasteiger partial charge in [0.15, 0.2) is 5.82 Å². The van der Waals surface area contributed by atoms with Gasteiger partial charge in [-0.1, -0.05) is 52.9 Å². The molecule has 0 aliphatic carbocycles. The molecule has 168 valence electrons. The molecule has 0 amide bonds. The van der Waals surface area contributed by atoms with E-state index >= 15 is 0 Å². The highest BCUT2D eigenvalue weighted by atomic mass is 16.6. The van der Waals surface area contributed by atoms with Crippen molar-refractivity contribution in [1.29, 1.82) is 0 Å². The molecule has 1 aromatic rings. The Kier molecular flexibility index (Phi) is 17.2. The van der Waals surface area contributed by atoms with E-state index < -0.39 is 5.69 Å². The molecule has 0 saturated carbocycles. The van der Waals surface area contributed by atoms with Gasteiger partial charge in [0.05, 0.1) is 19.8 Å². The van der Waals surface area contributed by atoms with Gasteiger partial charge in [-0.2, -0.15) is 4.98 Å². The van der Waals surface area contributed by atoms with E-state index in [1.165, 1.54) is 43.8 Å². The second kappa shape index (κ2) is 18.3. The molecule has 0 radical (unpaired) electrons. The Morgan fingerprint density at radius 1 is 1.28 bits per heavy atom. The van der Waals surface area contributed by atoms with Gasteiger partial charge in [-0.3, -0.25) is 9.40 Å². The Balaban J connectivity index is 0.000000563. The van der Waals surface area contributed by atoms with E-state index in [-0.39, 0.29) is 18.9 Å². The van der Waals surface area contributed by atoms with Crippen LogP contribution in [0, 0.1) is 0 Å². The zero-order valence-electron chi connectivity index (χ0n) is 18.4. The van der Waals surface area contributed by atoms with Gasteiger partial charge in [-0.25, -0.2) is 10.3 Å². The number of aliphatic hydroxyl groups is 1. The van der Waals surface area contributed by atoms with Crippen LogP contribution in [0.2, 0.25) is 0 Å². The van der Waals surface area contributed by atoms with Gasteiger partial charge >= 0.3 is 5.69 Å². The summed E-state index contributed by atoms with van der Waals surface area (Å²) < 4.78 is 6.91. The lowest BCUT2D eigenvalue weighted by molar-refractivity contribution is -0.107. The third-order valence-corrected chi connectivity index (χ3v) is 4.31. The van der Waals surface area contributed by atoms with E-state index in [1.807, 2.05) is 13.8 Å². The predicted octanol–water partition coefficient (Wildman–Crippen LogP) is 3.85. The second-order valence-corrected chi connectivity index (χ2v) is 6.50. The first kappa shape index (κ1) is 27.2. The minimum absolute atomic E-state index is 0.0258. The third-order valence-electron chi connectivity index (χ3n) is 4.31. The van der Waals surface area contributed by atoms with Crippen molar-refractivity contribution < 1.29 is 19.5 Å². The molecule has 2 heterocycles. The van der Waals surface area contributed by atoms with Gasteiger partial charge in [0, 0.05) is 12.6 Å². The number of hydrogen-bond donors (Lipinski definition) is 2. The highest BCUT2D eigenvalue weighted by Gasteiger charge is 2.26. The standard InChI is InChI=1S/C10H15N3O4.C9H18O.C2H6/c1-16-12-8-4-5-13(10(15)11-8)9-3-2-7(6-14)17-9;1-2-3-4-5-6-7-8-9-10;1-2/h4-5,7,9,14H,2-3,6H2,1H3,(H,11,12,15);9H,2-8H2,1H3;1-2H3. The van der Waals surface area contributed by atoms with Gasteiger partial charge in [0.25, 0.3) is 0 Å². The smallest absolute Gasteiger partial charge is 0.351 e. The van der Waals surface area contributed by atoms with Crippen LogP contribution in [0.5, 0.6) is 0 Å². The number of anilines is 1. The normalized spacial score (nSPS) is 17.6. The average Bonchev–Trinajstić information content (AvgIpc) is 3.22. The number of rotatable bonds is 11. The summed E-state index contributed by atoms with van der Waals surface area (Å²) in [5, 5.41) is 8.96. The molecule has 2 rings (SSSR count). The summed E-state index contributed by atoms with van der Waals surface area (Å²) in [6, 6.07) is 1.63. The number of ether oxygens (including phenoxy) is 1. The minimum Gasteiger partial charge on any atom is -0.394 e. The lowest BCUT2D eigenvalue weighted by atomic mass is 10.1. The SMILES string of the molecule is CC.CCCCCCCCC=O.CONc1ccn(C2CCC(CO)O2)c(=O)n1. The average molecular weight is 414 g/mol. The number of hydrogen-bond acceptors (Lipinski definition) is 7. The quantitative estimate of drug-likeness (QED) is 0.323.